The lowest BCUT2D eigenvalue weighted by molar-refractivity contribution is -0.116. The van der Waals surface area contributed by atoms with Crippen LogP contribution in [0.15, 0.2) is 42.5 Å². The Morgan fingerprint density at radius 1 is 1.10 bits per heavy atom. The van der Waals surface area contributed by atoms with Crippen LogP contribution >= 0.6 is 0 Å². The highest BCUT2D eigenvalue weighted by Gasteiger charge is 2.05. The van der Waals surface area contributed by atoms with Gasteiger partial charge in [-0.05, 0) is 49.1 Å². The highest BCUT2D eigenvalue weighted by molar-refractivity contribution is 5.91. The molecule has 1 amide bonds. The monoisotopic (exact) mass is 268 g/mol. The van der Waals surface area contributed by atoms with E-state index in [4.69, 9.17) is 5.73 Å². The second-order valence-corrected chi connectivity index (χ2v) is 5.05. The molecule has 3 nitrogen and oxygen atoms in total. The number of anilines is 2. The molecule has 0 fully saturated rings. The maximum atomic E-state index is 11.9. The molecule has 2 rings (SSSR count). The molecule has 0 saturated carbocycles. The summed E-state index contributed by atoms with van der Waals surface area (Å²) < 4.78 is 0. The SMILES string of the molecule is Cc1ccc(NC(=O)CCc2ccccc2C)cc1N. The second kappa shape index (κ2) is 6.24. The Balaban J connectivity index is 1.93. The van der Waals surface area contributed by atoms with Crippen molar-refractivity contribution in [1.29, 1.82) is 0 Å². The summed E-state index contributed by atoms with van der Waals surface area (Å²) in [5, 5.41) is 2.88. The second-order valence-electron chi connectivity index (χ2n) is 5.05. The molecule has 0 bridgehead atoms. The van der Waals surface area contributed by atoms with Crippen LogP contribution in [0, 0.1) is 13.8 Å². The van der Waals surface area contributed by atoms with E-state index < -0.39 is 0 Å². The number of hydrogen-bond acceptors (Lipinski definition) is 2. The van der Waals surface area contributed by atoms with E-state index in [0.717, 1.165) is 17.7 Å². The Labute approximate surface area is 119 Å². The van der Waals surface area contributed by atoms with E-state index in [1.165, 1.54) is 11.1 Å². The van der Waals surface area contributed by atoms with E-state index in [1.54, 1.807) is 6.07 Å². The average Bonchev–Trinajstić information content (AvgIpc) is 2.42. The first-order chi connectivity index (χ1) is 9.56. The number of hydrogen-bond donors (Lipinski definition) is 2. The summed E-state index contributed by atoms with van der Waals surface area (Å²) in [5.74, 6) is 0.0107. The average molecular weight is 268 g/mol. The van der Waals surface area contributed by atoms with Crippen molar-refractivity contribution < 1.29 is 4.79 Å². The summed E-state index contributed by atoms with van der Waals surface area (Å²) in [6.07, 6.45) is 1.22. The molecule has 0 aliphatic rings. The minimum atomic E-state index is 0.0107. The Morgan fingerprint density at radius 2 is 1.85 bits per heavy atom. The Kier molecular flexibility index (Phi) is 4.41. The predicted octanol–water partition coefficient (Wildman–Crippen LogP) is 3.46. The van der Waals surface area contributed by atoms with Gasteiger partial charge in [0, 0.05) is 17.8 Å². The van der Waals surface area contributed by atoms with Gasteiger partial charge in [-0.1, -0.05) is 30.3 Å². The molecule has 0 aliphatic heterocycles. The van der Waals surface area contributed by atoms with Gasteiger partial charge in [0.05, 0.1) is 0 Å². The van der Waals surface area contributed by atoms with Gasteiger partial charge in [-0.3, -0.25) is 4.79 Å². The van der Waals surface area contributed by atoms with Crippen molar-refractivity contribution in [2.45, 2.75) is 26.7 Å². The lowest BCUT2D eigenvalue weighted by Crippen LogP contribution is -2.12. The van der Waals surface area contributed by atoms with Gasteiger partial charge in [-0.25, -0.2) is 0 Å². The summed E-state index contributed by atoms with van der Waals surface area (Å²) in [5.41, 5.74) is 10.7. The number of nitrogen functional groups attached to an aromatic ring is 1. The van der Waals surface area contributed by atoms with E-state index in [0.29, 0.717) is 12.1 Å². The first-order valence-corrected chi connectivity index (χ1v) is 6.77. The summed E-state index contributed by atoms with van der Waals surface area (Å²) in [4.78, 5) is 11.9. The van der Waals surface area contributed by atoms with Crippen molar-refractivity contribution in [3.8, 4) is 0 Å². The fraction of sp³-hybridized carbons (Fsp3) is 0.235. The Bertz CT molecular complexity index is 620. The molecule has 0 radical (unpaired) electrons. The fourth-order valence-electron chi connectivity index (χ4n) is 2.08. The quantitative estimate of drug-likeness (QED) is 0.834. The van der Waals surface area contributed by atoms with Gasteiger partial charge < -0.3 is 11.1 Å². The molecule has 0 aliphatic carbocycles. The molecule has 2 aromatic carbocycles. The van der Waals surface area contributed by atoms with Gasteiger partial charge in [-0.15, -0.1) is 0 Å². The van der Waals surface area contributed by atoms with Gasteiger partial charge in [0.1, 0.15) is 0 Å². The van der Waals surface area contributed by atoms with E-state index >= 15 is 0 Å². The van der Waals surface area contributed by atoms with Crippen LogP contribution in [0.1, 0.15) is 23.1 Å². The largest absolute Gasteiger partial charge is 0.398 e. The van der Waals surface area contributed by atoms with Gasteiger partial charge in [0.2, 0.25) is 5.91 Å². The molecule has 104 valence electrons. The third-order valence-corrected chi connectivity index (χ3v) is 3.45. The van der Waals surface area contributed by atoms with Crippen molar-refractivity contribution in [3.63, 3.8) is 0 Å². The fourth-order valence-corrected chi connectivity index (χ4v) is 2.08. The standard InChI is InChI=1S/C17H20N2O/c1-12-5-3-4-6-14(12)8-10-17(20)19-15-9-7-13(2)16(18)11-15/h3-7,9,11H,8,10,18H2,1-2H3,(H,19,20). The molecule has 0 saturated heterocycles. The maximum absolute atomic E-state index is 11.9. The lowest BCUT2D eigenvalue weighted by atomic mass is 10.0. The van der Waals surface area contributed by atoms with E-state index in [9.17, 15) is 4.79 Å². The molecule has 3 heteroatoms. The normalized spacial score (nSPS) is 10.3. The minimum absolute atomic E-state index is 0.0107. The number of benzene rings is 2. The predicted molar refractivity (Wildman–Crippen MR) is 83.7 cm³/mol. The van der Waals surface area contributed by atoms with Gasteiger partial charge >= 0.3 is 0 Å². The minimum Gasteiger partial charge on any atom is -0.398 e. The van der Waals surface area contributed by atoms with Crippen LogP contribution in [0.3, 0.4) is 0 Å². The van der Waals surface area contributed by atoms with Crippen LogP contribution in [-0.2, 0) is 11.2 Å². The first-order valence-electron chi connectivity index (χ1n) is 6.77. The molecule has 3 N–H and O–H groups in total. The zero-order valence-corrected chi connectivity index (χ0v) is 11.9. The molecule has 20 heavy (non-hydrogen) atoms. The zero-order chi connectivity index (χ0) is 14.5. The van der Waals surface area contributed by atoms with Gasteiger partial charge in [0.25, 0.3) is 0 Å². The van der Waals surface area contributed by atoms with E-state index in [2.05, 4.69) is 24.4 Å². The molecule has 0 spiro atoms. The van der Waals surface area contributed by atoms with Crippen molar-refractivity contribution in [3.05, 3.63) is 59.2 Å². The van der Waals surface area contributed by atoms with Crippen molar-refractivity contribution in [2.75, 3.05) is 11.1 Å². The van der Waals surface area contributed by atoms with Crippen LogP contribution in [0.4, 0.5) is 11.4 Å². The van der Waals surface area contributed by atoms with Crippen LogP contribution in [0.25, 0.3) is 0 Å². The van der Waals surface area contributed by atoms with E-state index in [-0.39, 0.29) is 5.91 Å². The molecule has 0 atom stereocenters. The number of nitrogens with two attached hydrogens (primary N) is 1. The molecule has 0 heterocycles. The number of carbonyl (C=O) groups is 1. The van der Waals surface area contributed by atoms with Crippen molar-refractivity contribution in [2.24, 2.45) is 0 Å². The lowest BCUT2D eigenvalue weighted by Gasteiger charge is -2.08. The first kappa shape index (κ1) is 14.1. The summed E-state index contributed by atoms with van der Waals surface area (Å²) in [6.45, 7) is 4.01. The van der Waals surface area contributed by atoms with Crippen molar-refractivity contribution >= 4 is 17.3 Å². The van der Waals surface area contributed by atoms with Gasteiger partial charge in [-0.2, -0.15) is 0 Å². The van der Waals surface area contributed by atoms with Crippen LogP contribution < -0.4 is 11.1 Å². The number of rotatable bonds is 4. The summed E-state index contributed by atoms with van der Waals surface area (Å²) in [6, 6.07) is 13.7. The third kappa shape index (κ3) is 3.60. The zero-order valence-electron chi connectivity index (χ0n) is 11.9. The maximum Gasteiger partial charge on any atom is 0.224 e. The molecule has 0 unspecified atom stereocenters. The number of aryl methyl sites for hydroxylation is 3. The molecular weight excluding hydrogens is 248 g/mol. The van der Waals surface area contributed by atoms with Crippen LogP contribution in [0.5, 0.6) is 0 Å². The number of carbonyl (C=O) groups excluding carboxylic acids is 1. The van der Waals surface area contributed by atoms with Crippen LogP contribution in [-0.4, -0.2) is 5.91 Å². The number of amides is 1. The third-order valence-electron chi connectivity index (χ3n) is 3.45. The number of nitrogens with one attached hydrogen (secondary N) is 1. The Hall–Kier alpha value is -2.29. The molecule has 2 aromatic rings. The van der Waals surface area contributed by atoms with Gasteiger partial charge in [0.15, 0.2) is 0 Å². The Morgan fingerprint density at radius 3 is 2.55 bits per heavy atom. The van der Waals surface area contributed by atoms with Crippen LogP contribution in [0.2, 0.25) is 0 Å². The van der Waals surface area contributed by atoms with Crippen molar-refractivity contribution in [1.82, 2.24) is 0 Å². The smallest absolute Gasteiger partial charge is 0.224 e. The summed E-state index contributed by atoms with van der Waals surface area (Å²) >= 11 is 0. The molecule has 0 aromatic heterocycles. The summed E-state index contributed by atoms with van der Waals surface area (Å²) in [7, 11) is 0. The topological polar surface area (TPSA) is 55.1 Å². The highest BCUT2D eigenvalue weighted by Crippen LogP contribution is 2.17. The van der Waals surface area contributed by atoms with E-state index in [1.807, 2.05) is 31.2 Å². The highest BCUT2D eigenvalue weighted by atomic mass is 16.1. The molecular formula is C17H20N2O.